The van der Waals surface area contributed by atoms with Crippen molar-refractivity contribution in [3.05, 3.63) is 23.9 Å². The van der Waals surface area contributed by atoms with Crippen molar-refractivity contribution in [2.24, 2.45) is 0 Å². The van der Waals surface area contributed by atoms with E-state index in [1.807, 2.05) is 0 Å². The molecule has 1 saturated heterocycles. The quantitative estimate of drug-likeness (QED) is 0.899. The van der Waals surface area contributed by atoms with Crippen LogP contribution in [0.5, 0.6) is 0 Å². The molecular weight excluding hydrogens is 279 g/mol. The zero-order valence-corrected chi connectivity index (χ0v) is 10.6. The number of rotatable bonds is 2. The third-order valence-corrected chi connectivity index (χ3v) is 2.98. The van der Waals surface area contributed by atoms with Gasteiger partial charge in [-0.1, -0.05) is 0 Å². The van der Waals surface area contributed by atoms with E-state index in [-0.39, 0.29) is 5.82 Å². The van der Waals surface area contributed by atoms with Gasteiger partial charge < -0.3 is 5.11 Å². The molecule has 1 N–H and O–H groups in total. The molecule has 20 heavy (non-hydrogen) atoms. The fraction of sp³-hybridized carbons (Fsp3) is 0.455. The second-order valence-corrected chi connectivity index (χ2v) is 4.22. The number of pyridine rings is 1. The summed E-state index contributed by atoms with van der Waals surface area (Å²) in [4.78, 5) is 21.2. The molecule has 1 aromatic heterocycles. The Labute approximate surface area is 112 Å². The van der Waals surface area contributed by atoms with E-state index in [9.17, 15) is 23.1 Å². The lowest BCUT2D eigenvalue weighted by Gasteiger charge is -2.19. The Kier molecular flexibility index (Phi) is 3.57. The predicted molar refractivity (Wildman–Crippen MR) is 61.4 cm³/mol. The van der Waals surface area contributed by atoms with Gasteiger partial charge in [0.1, 0.15) is 11.9 Å². The maximum absolute atomic E-state index is 12.6. The molecule has 1 aliphatic heterocycles. The number of halogens is 3. The normalized spacial score (nSPS) is 23.6. The average molecular weight is 291 g/mol. The van der Waals surface area contributed by atoms with E-state index in [0.717, 1.165) is 22.2 Å². The highest BCUT2D eigenvalue weighted by Gasteiger charge is 2.45. The summed E-state index contributed by atoms with van der Waals surface area (Å²) in [6.45, 7) is 1.50. The van der Waals surface area contributed by atoms with Gasteiger partial charge in [0.2, 0.25) is 0 Å². The number of aromatic nitrogens is 1. The summed E-state index contributed by atoms with van der Waals surface area (Å²) < 4.78 is 37.9. The van der Waals surface area contributed by atoms with E-state index in [1.165, 1.54) is 14.0 Å². The monoisotopic (exact) mass is 291 g/mol. The molecule has 0 spiro atoms. The van der Waals surface area contributed by atoms with Crippen LogP contribution in [0.15, 0.2) is 18.3 Å². The SMILES string of the molecule is CON1C(=O)N(c2cc(C(F)(F)F)ccn2)[C@@H](O)[C@@H]1C. The average Bonchev–Trinajstić information content (AvgIpc) is 2.59. The number of alkyl halides is 3. The number of nitrogens with zero attached hydrogens (tertiary/aromatic N) is 3. The number of carbonyl (C=O) groups excluding carboxylic acids is 1. The van der Waals surface area contributed by atoms with Crippen LogP contribution in [0.4, 0.5) is 23.8 Å². The summed E-state index contributed by atoms with van der Waals surface area (Å²) in [5.41, 5.74) is -0.953. The van der Waals surface area contributed by atoms with E-state index in [4.69, 9.17) is 4.84 Å². The molecule has 2 heterocycles. The predicted octanol–water partition coefficient (Wildman–Crippen LogP) is 1.61. The minimum Gasteiger partial charge on any atom is -0.371 e. The van der Waals surface area contributed by atoms with Crippen molar-refractivity contribution < 1.29 is 27.9 Å². The Hall–Kier alpha value is -1.87. The van der Waals surface area contributed by atoms with Crippen LogP contribution in [0.3, 0.4) is 0 Å². The molecule has 0 unspecified atom stereocenters. The van der Waals surface area contributed by atoms with Crippen molar-refractivity contribution in [1.29, 1.82) is 0 Å². The first kappa shape index (κ1) is 14.5. The molecule has 1 fully saturated rings. The molecule has 0 saturated carbocycles. The molecule has 0 radical (unpaired) electrons. The van der Waals surface area contributed by atoms with Gasteiger partial charge in [0.15, 0.2) is 6.23 Å². The molecule has 1 aliphatic rings. The minimum absolute atomic E-state index is 0.288. The highest BCUT2D eigenvalue weighted by atomic mass is 19.4. The molecule has 6 nitrogen and oxygen atoms in total. The fourth-order valence-corrected chi connectivity index (χ4v) is 1.93. The largest absolute Gasteiger partial charge is 0.416 e. The molecule has 9 heteroatoms. The second kappa shape index (κ2) is 4.91. The molecule has 1 aromatic rings. The summed E-state index contributed by atoms with van der Waals surface area (Å²) in [6, 6.07) is -0.0239. The third kappa shape index (κ3) is 2.29. The summed E-state index contributed by atoms with van der Waals surface area (Å²) >= 11 is 0. The topological polar surface area (TPSA) is 65.9 Å². The lowest BCUT2D eigenvalue weighted by molar-refractivity contribution is -0.137. The number of hydrogen-bond acceptors (Lipinski definition) is 4. The molecule has 2 atom stereocenters. The highest BCUT2D eigenvalue weighted by Crippen LogP contribution is 2.33. The number of aliphatic hydroxyl groups excluding tert-OH is 1. The first-order valence-corrected chi connectivity index (χ1v) is 5.65. The van der Waals surface area contributed by atoms with Gasteiger partial charge in [0, 0.05) is 6.20 Å². The summed E-state index contributed by atoms with van der Waals surface area (Å²) in [5.74, 6) is -0.288. The van der Waals surface area contributed by atoms with Crippen LogP contribution in [0.25, 0.3) is 0 Å². The van der Waals surface area contributed by atoms with Crippen molar-refractivity contribution in [1.82, 2.24) is 10.0 Å². The van der Waals surface area contributed by atoms with E-state index < -0.39 is 30.0 Å². The number of amides is 2. The van der Waals surface area contributed by atoms with Crippen molar-refractivity contribution in [3.8, 4) is 0 Å². The summed E-state index contributed by atoms with van der Waals surface area (Å²) in [5, 5.41) is 10.8. The Morgan fingerprint density at radius 1 is 1.45 bits per heavy atom. The van der Waals surface area contributed by atoms with Crippen LogP contribution < -0.4 is 4.90 Å². The van der Waals surface area contributed by atoms with Crippen LogP contribution in [0.1, 0.15) is 12.5 Å². The van der Waals surface area contributed by atoms with Crippen molar-refractivity contribution in [2.75, 3.05) is 12.0 Å². The summed E-state index contributed by atoms with van der Waals surface area (Å²) in [6.07, 6.45) is -4.98. The molecule has 0 aliphatic carbocycles. The third-order valence-electron chi connectivity index (χ3n) is 2.98. The first-order valence-electron chi connectivity index (χ1n) is 5.65. The Balaban J connectivity index is 2.39. The minimum atomic E-state index is -4.56. The van der Waals surface area contributed by atoms with Gasteiger partial charge in [-0.3, -0.25) is 4.84 Å². The number of carbonyl (C=O) groups is 1. The Morgan fingerprint density at radius 3 is 2.60 bits per heavy atom. The number of urea groups is 1. The van der Waals surface area contributed by atoms with Gasteiger partial charge in [-0.15, -0.1) is 0 Å². The van der Waals surface area contributed by atoms with Crippen molar-refractivity contribution in [3.63, 3.8) is 0 Å². The molecule has 2 rings (SSSR count). The smallest absolute Gasteiger partial charge is 0.371 e. The van der Waals surface area contributed by atoms with Gasteiger partial charge in [-0.05, 0) is 19.1 Å². The van der Waals surface area contributed by atoms with Crippen LogP contribution in [0, 0.1) is 0 Å². The van der Waals surface area contributed by atoms with Crippen LogP contribution in [-0.4, -0.2) is 40.6 Å². The van der Waals surface area contributed by atoms with Crippen LogP contribution in [0.2, 0.25) is 0 Å². The molecule has 0 aromatic carbocycles. The van der Waals surface area contributed by atoms with Gasteiger partial charge in [0.05, 0.1) is 12.7 Å². The van der Waals surface area contributed by atoms with Crippen LogP contribution >= 0.6 is 0 Å². The van der Waals surface area contributed by atoms with Gasteiger partial charge in [-0.25, -0.2) is 14.7 Å². The first-order chi connectivity index (χ1) is 9.27. The maximum Gasteiger partial charge on any atom is 0.416 e. The zero-order valence-electron chi connectivity index (χ0n) is 10.6. The number of hydroxylamine groups is 2. The maximum atomic E-state index is 12.6. The lowest BCUT2D eigenvalue weighted by atomic mass is 10.2. The molecular formula is C11H12F3N3O3. The Bertz CT molecular complexity index is 523. The van der Waals surface area contributed by atoms with Gasteiger partial charge in [-0.2, -0.15) is 18.2 Å². The van der Waals surface area contributed by atoms with Crippen molar-refractivity contribution in [2.45, 2.75) is 25.4 Å². The molecule has 0 bridgehead atoms. The van der Waals surface area contributed by atoms with Crippen LogP contribution in [-0.2, 0) is 11.0 Å². The van der Waals surface area contributed by atoms with Gasteiger partial charge >= 0.3 is 12.2 Å². The number of aliphatic hydroxyl groups is 1. The molecule has 110 valence electrons. The number of anilines is 1. The molecule has 2 amide bonds. The van der Waals surface area contributed by atoms with Gasteiger partial charge in [0.25, 0.3) is 0 Å². The standard InChI is InChI=1S/C11H12F3N3O3/c1-6-9(18)16(10(19)17(6)20-2)8-5-7(3-4-15-8)11(12,13)14/h3-6,9,18H,1-2H3/t6-,9-/m0/s1. The number of hydrogen-bond donors (Lipinski definition) is 1. The lowest BCUT2D eigenvalue weighted by Crippen LogP contribution is -2.36. The van der Waals surface area contributed by atoms with Crippen molar-refractivity contribution >= 4 is 11.8 Å². The zero-order chi connectivity index (χ0) is 15.1. The van der Waals surface area contributed by atoms with E-state index >= 15 is 0 Å². The highest BCUT2D eigenvalue weighted by molar-refractivity contribution is 5.93. The van der Waals surface area contributed by atoms with E-state index in [1.54, 1.807) is 0 Å². The fourth-order valence-electron chi connectivity index (χ4n) is 1.93. The summed E-state index contributed by atoms with van der Waals surface area (Å²) in [7, 11) is 1.23. The van der Waals surface area contributed by atoms with E-state index in [2.05, 4.69) is 4.98 Å². The second-order valence-electron chi connectivity index (χ2n) is 4.22. The Morgan fingerprint density at radius 2 is 2.10 bits per heavy atom. The van der Waals surface area contributed by atoms with E-state index in [0.29, 0.717) is 6.07 Å².